The largest absolute Gasteiger partial charge is 0.492 e. The Labute approximate surface area is 221 Å². The predicted octanol–water partition coefficient (Wildman–Crippen LogP) is 3.65. The molecule has 1 aromatic heterocycles. The molecule has 0 aliphatic carbocycles. The van der Waals surface area contributed by atoms with Crippen LogP contribution in [-0.4, -0.2) is 63.4 Å². The molecule has 0 bridgehead atoms. The van der Waals surface area contributed by atoms with Gasteiger partial charge in [0.1, 0.15) is 11.8 Å². The highest BCUT2D eigenvalue weighted by Gasteiger charge is 2.38. The van der Waals surface area contributed by atoms with Crippen molar-refractivity contribution < 1.29 is 42.5 Å². The molecule has 0 spiro atoms. The summed E-state index contributed by atoms with van der Waals surface area (Å²) >= 11 is 6.98. The summed E-state index contributed by atoms with van der Waals surface area (Å²) in [6, 6.07) is 2.94. The minimum Gasteiger partial charge on any atom is -0.492 e. The van der Waals surface area contributed by atoms with Crippen LogP contribution in [0.3, 0.4) is 0 Å². The van der Waals surface area contributed by atoms with E-state index in [-0.39, 0.29) is 18.7 Å². The maximum Gasteiger partial charge on any atom is 0.490 e. The van der Waals surface area contributed by atoms with E-state index in [4.69, 9.17) is 14.6 Å². The van der Waals surface area contributed by atoms with Crippen molar-refractivity contribution in [2.24, 2.45) is 0 Å². The first-order chi connectivity index (χ1) is 16.8. The number of aromatic nitrogens is 2. The van der Waals surface area contributed by atoms with E-state index in [2.05, 4.69) is 52.5 Å². The first-order valence-electron chi connectivity index (χ1n) is 10.5. The number of benzene rings is 1. The Morgan fingerprint density at radius 1 is 1.22 bits per heavy atom. The van der Waals surface area contributed by atoms with Gasteiger partial charge in [-0.15, -0.1) is 0 Å². The van der Waals surface area contributed by atoms with Crippen LogP contribution in [0.4, 0.5) is 13.2 Å². The zero-order chi connectivity index (χ0) is 27.3. The fourth-order valence-corrected chi connectivity index (χ4v) is 4.16. The number of hydrogen-bond donors (Lipinski definition) is 5. The van der Waals surface area contributed by atoms with Crippen molar-refractivity contribution in [2.45, 2.75) is 44.9 Å². The summed E-state index contributed by atoms with van der Waals surface area (Å²) in [5.41, 5.74) is 1.66. The standard InChI is InChI=1S/C19H24Br2N4O4.C2HF3O2/c1-2-29-18-12(6-13(20)7-15(18)21)9-22-5-3-4-17(26)25-16(19(27)28)8-14-10-23-11-24-14;3-2(4,5)1(6)7/h6-7,10-11,16,22H,2-5,8-9H2,1H3,(H,23,24)(H,25,26)(H,27,28);(H,6,7)/t16-;/m0./s1. The van der Waals surface area contributed by atoms with Crippen molar-refractivity contribution in [1.29, 1.82) is 0 Å². The quantitative estimate of drug-likeness (QED) is 0.219. The number of nitrogens with zero attached hydrogens (tertiary/aromatic N) is 1. The maximum atomic E-state index is 12.1. The first kappa shape index (κ1) is 31.4. The third-order valence-electron chi connectivity index (χ3n) is 4.30. The van der Waals surface area contributed by atoms with Crippen LogP contribution in [0, 0.1) is 0 Å². The van der Waals surface area contributed by atoms with Crippen molar-refractivity contribution in [1.82, 2.24) is 20.6 Å². The summed E-state index contributed by atoms with van der Waals surface area (Å²) in [5.74, 6) is -3.33. The second kappa shape index (κ2) is 15.5. The fourth-order valence-electron chi connectivity index (χ4n) is 2.73. The van der Waals surface area contributed by atoms with Gasteiger partial charge in [0.15, 0.2) is 0 Å². The molecule has 1 amide bonds. The molecule has 0 unspecified atom stereocenters. The molecule has 5 N–H and O–H groups in total. The van der Waals surface area contributed by atoms with Gasteiger partial charge in [-0.05, 0) is 48.0 Å². The van der Waals surface area contributed by atoms with Gasteiger partial charge >= 0.3 is 18.1 Å². The molecule has 36 heavy (non-hydrogen) atoms. The van der Waals surface area contributed by atoms with Crippen molar-refractivity contribution in [3.05, 3.63) is 44.9 Å². The summed E-state index contributed by atoms with van der Waals surface area (Å²) < 4.78 is 39.3. The minimum absolute atomic E-state index is 0.164. The maximum absolute atomic E-state index is 12.1. The number of carbonyl (C=O) groups is 3. The molecule has 0 fully saturated rings. The molecule has 1 aromatic carbocycles. The first-order valence-corrected chi connectivity index (χ1v) is 12.0. The molecule has 0 saturated carbocycles. The summed E-state index contributed by atoms with van der Waals surface area (Å²) in [7, 11) is 0. The van der Waals surface area contributed by atoms with Gasteiger partial charge in [0, 0.05) is 41.3 Å². The molecule has 15 heteroatoms. The van der Waals surface area contributed by atoms with Gasteiger partial charge in [0.25, 0.3) is 0 Å². The van der Waals surface area contributed by atoms with Gasteiger partial charge in [-0.25, -0.2) is 14.6 Å². The average Bonchev–Trinajstić information content (AvgIpc) is 3.28. The average molecular weight is 646 g/mol. The lowest BCUT2D eigenvalue weighted by atomic mass is 10.1. The van der Waals surface area contributed by atoms with Crippen molar-refractivity contribution in [3.63, 3.8) is 0 Å². The number of carboxylic acid groups (broad SMARTS) is 2. The molecule has 0 saturated heterocycles. The molecular weight excluding hydrogens is 621 g/mol. The number of amides is 1. The van der Waals surface area contributed by atoms with Crippen LogP contribution >= 0.6 is 31.9 Å². The minimum atomic E-state index is -5.08. The topological polar surface area (TPSA) is 154 Å². The Morgan fingerprint density at radius 3 is 2.42 bits per heavy atom. The van der Waals surface area contributed by atoms with Gasteiger partial charge in [0.05, 0.1) is 17.4 Å². The number of H-pyrrole nitrogens is 1. The Kier molecular flexibility index (Phi) is 13.5. The second-order valence-corrected chi connectivity index (χ2v) is 8.90. The number of aliphatic carboxylic acids is 2. The third-order valence-corrected chi connectivity index (χ3v) is 5.35. The fraction of sp³-hybridized carbons (Fsp3) is 0.429. The third kappa shape index (κ3) is 11.9. The van der Waals surface area contributed by atoms with E-state index in [0.717, 1.165) is 20.3 Å². The number of rotatable bonds is 12. The Balaban J connectivity index is 0.000000809. The highest BCUT2D eigenvalue weighted by atomic mass is 79.9. The van der Waals surface area contributed by atoms with E-state index in [0.29, 0.717) is 31.8 Å². The highest BCUT2D eigenvalue weighted by molar-refractivity contribution is 9.11. The molecule has 1 atom stereocenters. The van der Waals surface area contributed by atoms with Crippen molar-refractivity contribution in [2.75, 3.05) is 13.2 Å². The number of carboxylic acids is 2. The van der Waals surface area contributed by atoms with Crippen LogP contribution in [0.5, 0.6) is 5.75 Å². The predicted molar refractivity (Wildman–Crippen MR) is 130 cm³/mol. The van der Waals surface area contributed by atoms with Gasteiger partial charge in [-0.3, -0.25) is 4.79 Å². The lowest BCUT2D eigenvalue weighted by molar-refractivity contribution is -0.192. The molecule has 0 radical (unpaired) electrons. The normalized spacial score (nSPS) is 11.7. The van der Waals surface area contributed by atoms with Gasteiger partial charge in [-0.1, -0.05) is 15.9 Å². The van der Waals surface area contributed by atoms with E-state index >= 15 is 0 Å². The van der Waals surface area contributed by atoms with Crippen molar-refractivity contribution in [3.8, 4) is 5.75 Å². The van der Waals surface area contributed by atoms with Crippen LogP contribution in [0.1, 0.15) is 31.0 Å². The molecular formula is C21H25Br2F3N4O6. The van der Waals surface area contributed by atoms with Gasteiger partial charge < -0.3 is 30.6 Å². The molecule has 2 aromatic rings. The summed E-state index contributed by atoms with van der Waals surface area (Å²) in [5, 5.41) is 22.3. The monoisotopic (exact) mass is 644 g/mol. The number of aromatic amines is 1. The SMILES string of the molecule is CCOc1c(Br)cc(Br)cc1CNCCCC(=O)N[C@@H](Cc1cnc[nH]1)C(=O)O.O=C(O)C(F)(F)F. The van der Waals surface area contributed by atoms with Crippen LogP contribution in [0.15, 0.2) is 33.6 Å². The summed E-state index contributed by atoms with van der Waals surface area (Å²) in [6.45, 7) is 3.70. The second-order valence-electron chi connectivity index (χ2n) is 7.13. The number of imidazole rings is 1. The number of alkyl halides is 3. The molecule has 1 heterocycles. The smallest absolute Gasteiger partial charge is 0.490 e. The summed E-state index contributed by atoms with van der Waals surface area (Å²) in [4.78, 5) is 39.0. The van der Waals surface area contributed by atoms with Gasteiger partial charge in [-0.2, -0.15) is 13.2 Å². The van der Waals surface area contributed by atoms with Crippen LogP contribution < -0.4 is 15.4 Å². The zero-order valence-corrected chi connectivity index (χ0v) is 22.2. The Bertz CT molecular complexity index is 1010. The highest BCUT2D eigenvalue weighted by Crippen LogP contribution is 2.33. The molecule has 10 nitrogen and oxygen atoms in total. The van der Waals surface area contributed by atoms with Crippen LogP contribution in [-0.2, 0) is 27.3 Å². The van der Waals surface area contributed by atoms with Crippen LogP contribution in [0.2, 0.25) is 0 Å². The van der Waals surface area contributed by atoms with E-state index in [1.165, 1.54) is 6.33 Å². The molecule has 200 valence electrons. The molecule has 0 aliphatic rings. The number of hydrogen-bond acceptors (Lipinski definition) is 6. The Morgan fingerprint density at radius 2 is 1.89 bits per heavy atom. The lowest BCUT2D eigenvalue weighted by Gasteiger charge is -2.15. The van der Waals surface area contributed by atoms with E-state index in [9.17, 15) is 27.9 Å². The van der Waals surface area contributed by atoms with E-state index in [1.807, 2.05) is 19.1 Å². The van der Waals surface area contributed by atoms with E-state index < -0.39 is 24.2 Å². The zero-order valence-electron chi connectivity index (χ0n) is 19.0. The number of ether oxygens (including phenoxy) is 1. The van der Waals surface area contributed by atoms with Gasteiger partial charge in [0.2, 0.25) is 5.91 Å². The number of nitrogens with one attached hydrogen (secondary N) is 3. The summed E-state index contributed by atoms with van der Waals surface area (Å²) in [6.07, 6.45) is -1.08. The number of carbonyl (C=O) groups excluding carboxylic acids is 1. The van der Waals surface area contributed by atoms with E-state index in [1.54, 1.807) is 6.20 Å². The molecule has 0 aliphatic heterocycles. The lowest BCUT2D eigenvalue weighted by Crippen LogP contribution is -2.42. The molecule has 2 rings (SSSR count). The Hall–Kier alpha value is -2.65. The number of halogens is 5. The van der Waals surface area contributed by atoms with Crippen LogP contribution in [0.25, 0.3) is 0 Å². The van der Waals surface area contributed by atoms with Crippen molar-refractivity contribution >= 4 is 49.7 Å².